The highest BCUT2D eigenvalue weighted by Gasteiger charge is 2.55. The van der Waals surface area contributed by atoms with Gasteiger partial charge in [-0.25, -0.2) is 4.79 Å². The van der Waals surface area contributed by atoms with Crippen LogP contribution in [0, 0.1) is 0 Å². The number of carbonyl (C=O) groups excluding carboxylic acids is 1. The van der Waals surface area contributed by atoms with Crippen molar-refractivity contribution in [1.29, 1.82) is 0 Å². The average molecular weight is 291 g/mol. The summed E-state index contributed by atoms with van der Waals surface area (Å²) in [4.78, 5) is 22.2. The molecular formula is C11H17NO8. The first-order valence-electron chi connectivity index (χ1n) is 6.13. The zero-order valence-corrected chi connectivity index (χ0v) is 10.7. The quantitative estimate of drug-likeness (QED) is 0.348. The molecule has 6 atom stereocenters. The number of carboxylic acid groups (broad SMARTS) is 1. The number of carbonyl (C=O) groups is 2. The second-order valence-corrected chi connectivity index (χ2v) is 5.03. The van der Waals surface area contributed by atoms with E-state index in [9.17, 15) is 24.9 Å². The van der Waals surface area contributed by atoms with E-state index in [1.54, 1.807) is 0 Å². The first-order valence-corrected chi connectivity index (χ1v) is 6.13. The Balaban J connectivity index is 2.22. The topological polar surface area (TPSA) is 149 Å². The van der Waals surface area contributed by atoms with Crippen molar-refractivity contribution in [3.63, 3.8) is 0 Å². The molecule has 2 rings (SSSR count). The van der Waals surface area contributed by atoms with Crippen molar-refractivity contribution in [3.05, 3.63) is 0 Å². The highest BCUT2D eigenvalue weighted by atomic mass is 16.7. The van der Waals surface area contributed by atoms with E-state index in [4.69, 9.17) is 14.6 Å². The Labute approximate surface area is 114 Å². The van der Waals surface area contributed by atoms with E-state index in [-0.39, 0.29) is 6.61 Å². The van der Waals surface area contributed by atoms with Gasteiger partial charge in [0.15, 0.2) is 0 Å². The number of nitrogens with one attached hydrogen (secondary N) is 1. The molecule has 2 aliphatic rings. The van der Waals surface area contributed by atoms with Crippen molar-refractivity contribution in [2.75, 3.05) is 6.61 Å². The molecule has 0 aromatic carbocycles. The molecule has 0 saturated carbocycles. The second kappa shape index (κ2) is 5.26. The van der Waals surface area contributed by atoms with Crippen LogP contribution in [-0.4, -0.2) is 75.2 Å². The maximum atomic E-state index is 11.1. The van der Waals surface area contributed by atoms with Crippen LogP contribution in [0.25, 0.3) is 0 Å². The summed E-state index contributed by atoms with van der Waals surface area (Å²) in [6, 6.07) is -1.04. The minimum absolute atomic E-state index is 0.259. The molecule has 1 amide bonds. The van der Waals surface area contributed by atoms with Crippen molar-refractivity contribution in [3.8, 4) is 0 Å². The van der Waals surface area contributed by atoms with Gasteiger partial charge in [0, 0.05) is 13.3 Å². The van der Waals surface area contributed by atoms with Crippen LogP contribution in [-0.2, 0) is 19.1 Å². The van der Waals surface area contributed by atoms with Gasteiger partial charge in [0.1, 0.15) is 18.3 Å². The van der Waals surface area contributed by atoms with E-state index >= 15 is 0 Å². The lowest BCUT2D eigenvalue weighted by Gasteiger charge is -2.43. The third kappa shape index (κ3) is 2.91. The van der Waals surface area contributed by atoms with Crippen LogP contribution in [0.2, 0.25) is 0 Å². The zero-order chi connectivity index (χ0) is 15.1. The molecule has 0 bridgehead atoms. The van der Waals surface area contributed by atoms with Gasteiger partial charge in [0.2, 0.25) is 5.91 Å². The van der Waals surface area contributed by atoms with Crippen molar-refractivity contribution in [2.24, 2.45) is 0 Å². The number of ether oxygens (including phenoxy) is 2. The van der Waals surface area contributed by atoms with Crippen LogP contribution >= 0.6 is 0 Å². The number of amides is 1. The lowest BCUT2D eigenvalue weighted by molar-refractivity contribution is -0.290. The van der Waals surface area contributed by atoms with E-state index < -0.39 is 54.5 Å². The summed E-state index contributed by atoms with van der Waals surface area (Å²) in [7, 11) is 0. The van der Waals surface area contributed by atoms with Crippen molar-refractivity contribution in [2.45, 2.75) is 49.6 Å². The summed E-state index contributed by atoms with van der Waals surface area (Å²) in [5, 5.41) is 41.2. The monoisotopic (exact) mass is 291 g/mol. The number of hydrogen-bond donors (Lipinski definition) is 5. The Kier molecular flexibility index (Phi) is 3.98. The molecule has 9 nitrogen and oxygen atoms in total. The van der Waals surface area contributed by atoms with Crippen LogP contribution < -0.4 is 5.32 Å². The number of epoxide rings is 1. The third-order valence-electron chi connectivity index (χ3n) is 3.37. The van der Waals surface area contributed by atoms with Gasteiger partial charge in [0.05, 0.1) is 18.8 Å². The molecule has 2 heterocycles. The molecule has 0 aromatic heterocycles. The van der Waals surface area contributed by atoms with Gasteiger partial charge >= 0.3 is 5.97 Å². The summed E-state index contributed by atoms with van der Waals surface area (Å²) >= 11 is 0. The smallest absolute Gasteiger partial charge is 0.364 e. The average Bonchev–Trinajstić information content (AvgIpc) is 3.15. The molecule has 2 unspecified atom stereocenters. The van der Waals surface area contributed by atoms with Crippen LogP contribution in [0.15, 0.2) is 0 Å². The van der Waals surface area contributed by atoms with E-state index in [1.807, 2.05) is 0 Å². The number of rotatable bonds is 4. The SMILES string of the molecule is CC(=O)N[C@@H]1C(O)C[C@](O)(C(=O)O)OC1[C@H](O)[C@H]1CO1. The van der Waals surface area contributed by atoms with E-state index in [1.165, 1.54) is 6.92 Å². The molecule has 0 radical (unpaired) electrons. The normalized spacial score (nSPS) is 41.8. The Morgan fingerprint density at radius 2 is 2.05 bits per heavy atom. The fraction of sp³-hybridized carbons (Fsp3) is 0.818. The Morgan fingerprint density at radius 1 is 1.45 bits per heavy atom. The molecule has 2 fully saturated rings. The number of carboxylic acids is 1. The van der Waals surface area contributed by atoms with Crippen LogP contribution in [0.5, 0.6) is 0 Å². The first kappa shape index (κ1) is 15.1. The van der Waals surface area contributed by atoms with Crippen molar-refractivity contribution in [1.82, 2.24) is 5.32 Å². The predicted molar refractivity (Wildman–Crippen MR) is 61.4 cm³/mol. The Bertz CT molecular complexity index is 411. The van der Waals surface area contributed by atoms with Crippen LogP contribution in [0.4, 0.5) is 0 Å². The largest absolute Gasteiger partial charge is 0.477 e. The molecule has 0 spiro atoms. The summed E-state index contributed by atoms with van der Waals surface area (Å²) in [6.07, 6.45) is -5.14. The fourth-order valence-corrected chi connectivity index (χ4v) is 2.27. The van der Waals surface area contributed by atoms with Crippen molar-refractivity contribution >= 4 is 11.9 Å². The van der Waals surface area contributed by atoms with Crippen molar-refractivity contribution < 1.29 is 39.5 Å². The Morgan fingerprint density at radius 3 is 2.50 bits per heavy atom. The van der Waals surface area contributed by atoms with Gasteiger partial charge in [-0.15, -0.1) is 0 Å². The molecule has 114 valence electrons. The number of aliphatic hydroxyl groups excluding tert-OH is 2. The van der Waals surface area contributed by atoms with E-state index in [0.29, 0.717) is 0 Å². The zero-order valence-electron chi connectivity index (χ0n) is 10.7. The predicted octanol–water partition coefficient (Wildman–Crippen LogP) is -2.83. The minimum Gasteiger partial charge on any atom is -0.477 e. The molecule has 2 saturated heterocycles. The minimum atomic E-state index is -2.62. The molecule has 5 N–H and O–H groups in total. The van der Waals surface area contributed by atoms with Gasteiger partial charge < -0.3 is 35.2 Å². The van der Waals surface area contributed by atoms with Gasteiger partial charge in [-0.05, 0) is 0 Å². The summed E-state index contributed by atoms with van der Waals surface area (Å²) in [6.45, 7) is 1.47. The lowest BCUT2D eigenvalue weighted by Crippen LogP contribution is -2.66. The lowest BCUT2D eigenvalue weighted by atomic mass is 9.89. The molecule has 20 heavy (non-hydrogen) atoms. The van der Waals surface area contributed by atoms with Gasteiger partial charge in [0.25, 0.3) is 5.79 Å². The third-order valence-corrected chi connectivity index (χ3v) is 3.37. The summed E-state index contributed by atoms with van der Waals surface area (Å²) in [5.41, 5.74) is 0. The standard InChI is InChI=1S/C11H17NO8/c1-4(13)12-7-5(14)2-11(18,10(16)17)20-9(7)8(15)6-3-19-6/h5-9,14-15,18H,2-3H2,1H3,(H,12,13)(H,16,17)/t5?,6-,7-,8-,9?,11-/m1/s1. The second-order valence-electron chi connectivity index (χ2n) is 5.03. The summed E-state index contributed by atoms with van der Waals surface area (Å²) in [5.74, 6) is -4.77. The van der Waals surface area contributed by atoms with Crippen LogP contribution in [0.3, 0.4) is 0 Å². The Hall–Kier alpha value is -1.26. The number of hydrogen-bond acceptors (Lipinski definition) is 7. The highest BCUT2D eigenvalue weighted by Crippen LogP contribution is 2.32. The number of aliphatic hydroxyl groups is 3. The highest BCUT2D eigenvalue weighted by molar-refractivity contribution is 5.76. The molecular weight excluding hydrogens is 274 g/mol. The van der Waals surface area contributed by atoms with E-state index in [2.05, 4.69) is 5.32 Å². The van der Waals surface area contributed by atoms with E-state index in [0.717, 1.165) is 0 Å². The molecule has 0 aromatic rings. The summed E-state index contributed by atoms with van der Waals surface area (Å²) < 4.78 is 9.92. The maximum absolute atomic E-state index is 11.1. The van der Waals surface area contributed by atoms with Gasteiger partial charge in [-0.2, -0.15) is 0 Å². The van der Waals surface area contributed by atoms with Crippen LogP contribution in [0.1, 0.15) is 13.3 Å². The number of aliphatic carboxylic acids is 1. The van der Waals surface area contributed by atoms with Gasteiger partial charge in [-0.3, -0.25) is 4.79 Å². The fourth-order valence-electron chi connectivity index (χ4n) is 2.27. The van der Waals surface area contributed by atoms with Gasteiger partial charge in [-0.1, -0.05) is 0 Å². The molecule has 9 heteroatoms. The molecule has 0 aliphatic carbocycles. The first-order chi connectivity index (χ1) is 9.24. The maximum Gasteiger partial charge on any atom is 0.364 e. The molecule has 2 aliphatic heterocycles.